The topological polar surface area (TPSA) is 48.1 Å². The molecule has 4 nitrogen and oxygen atoms in total. The van der Waals surface area contributed by atoms with Gasteiger partial charge >= 0.3 is 0 Å². The second-order valence-electron chi connectivity index (χ2n) is 5.41. The maximum atomic E-state index is 12.2. The number of fused-ring (bicyclic) bond motifs is 1. The summed E-state index contributed by atoms with van der Waals surface area (Å²) < 4.78 is 0. The van der Waals surface area contributed by atoms with E-state index in [1.54, 1.807) is 0 Å². The number of nitrogens with one attached hydrogen (secondary N) is 2. The molecule has 1 fully saturated rings. The number of nitrogens with zero attached hydrogens (tertiary/aromatic N) is 1. The molecule has 1 aromatic heterocycles. The molecular formula is C16H21N3O. The van der Waals surface area contributed by atoms with Gasteiger partial charge in [0.2, 0.25) is 0 Å². The highest BCUT2D eigenvalue weighted by Gasteiger charge is 2.12. The highest BCUT2D eigenvalue weighted by Crippen LogP contribution is 2.16. The number of carbonyl (C=O) groups is 1. The van der Waals surface area contributed by atoms with Crippen LogP contribution < -0.4 is 5.32 Å². The summed E-state index contributed by atoms with van der Waals surface area (Å²) in [5.74, 6) is 0.00931. The van der Waals surface area contributed by atoms with E-state index in [9.17, 15) is 4.79 Å². The Kier molecular flexibility index (Phi) is 4.02. The van der Waals surface area contributed by atoms with Crippen LogP contribution in [-0.2, 0) is 0 Å². The van der Waals surface area contributed by atoms with Crippen LogP contribution in [0.3, 0.4) is 0 Å². The Morgan fingerprint density at radius 3 is 2.90 bits per heavy atom. The van der Waals surface area contributed by atoms with E-state index in [-0.39, 0.29) is 5.91 Å². The first kappa shape index (κ1) is 13.2. The summed E-state index contributed by atoms with van der Waals surface area (Å²) in [4.78, 5) is 17.8. The number of carbonyl (C=O) groups excluding carboxylic acids is 1. The smallest absolute Gasteiger partial charge is 0.253 e. The number of aromatic amines is 1. The molecule has 2 aromatic rings. The van der Waals surface area contributed by atoms with Gasteiger partial charge in [-0.25, -0.2) is 0 Å². The Bertz CT molecular complexity index is 584. The third-order valence-corrected chi connectivity index (χ3v) is 3.99. The minimum Gasteiger partial charge on any atom is -0.361 e. The lowest BCUT2D eigenvalue weighted by Gasteiger charge is -2.26. The normalized spacial score (nSPS) is 16.4. The fourth-order valence-electron chi connectivity index (χ4n) is 2.88. The summed E-state index contributed by atoms with van der Waals surface area (Å²) in [7, 11) is 0. The molecule has 4 heteroatoms. The molecule has 0 radical (unpaired) electrons. The molecule has 0 spiro atoms. The highest BCUT2D eigenvalue weighted by atomic mass is 16.1. The van der Waals surface area contributed by atoms with Crippen LogP contribution in [-0.4, -0.2) is 42.0 Å². The van der Waals surface area contributed by atoms with Crippen LogP contribution in [0.15, 0.2) is 30.5 Å². The number of amides is 1. The van der Waals surface area contributed by atoms with Gasteiger partial charge in [-0.15, -0.1) is 0 Å². The van der Waals surface area contributed by atoms with Crippen LogP contribution in [0, 0.1) is 0 Å². The van der Waals surface area contributed by atoms with Gasteiger partial charge < -0.3 is 15.2 Å². The molecule has 3 rings (SSSR count). The minimum absolute atomic E-state index is 0.00931. The van der Waals surface area contributed by atoms with Crippen LogP contribution in [0.4, 0.5) is 0 Å². The molecule has 1 aliphatic heterocycles. The van der Waals surface area contributed by atoms with E-state index in [0.29, 0.717) is 0 Å². The SMILES string of the molecule is O=C(NCCN1CCCCC1)c1cccc2cc[nH]c12. The van der Waals surface area contributed by atoms with E-state index in [1.807, 2.05) is 30.5 Å². The number of benzene rings is 1. The van der Waals surface area contributed by atoms with Crippen molar-refractivity contribution >= 4 is 16.8 Å². The van der Waals surface area contributed by atoms with Gasteiger partial charge in [0.25, 0.3) is 5.91 Å². The van der Waals surface area contributed by atoms with Gasteiger partial charge in [-0.3, -0.25) is 4.79 Å². The summed E-state index contributed by atoms with van der Waals surface area (Å²) in [5.41, 5.74) is 1.65. The molecule has 2 heterocycles. The maximum Gasteiger partial charge on any atom is 0.253 e. The van der Waals surface area contributed by atoms with Crippen molar-refractivity contribution in [2.45, 2.75) is 19.3 Å². The van der Waals surface area contributed by atoms with E-state index in [2.05, 4.69) is 15.2 Å². The number of para-hydroxylation sites is 1. The maximum absolute atomic E-state index is 12.2. The van der Waals surface area contributed by atoms with E-state index in [1.165, 1.54) is 32.4 Å². The number of hydrogen-bond acceptors (Lipinski definition) is 2. The molecule has 2 N–H and O–H groups in total. The minimum atomic E-state index is 0.00931. The van der Waals surface area contributed by atoms with E-state index in [0.717, 1.165) is 29.6 Å². The van der Waals surface area contributed by atoms with Gasteiger partial charge in [-0.05, 0) is 38.1 Å². The number of aromatic nitrogens is 1. The van der Waals surface area contributed by atoms with Crippen LogP contribution in [0.1, 0.15) is 29.6 Å². The first-order valence-electron chi connectivity index (χ1n) is 7.41. The molecule has 0 saturated carbocycles. The van der Waals surface area contributed by atoms with Crippen molar-refractivity contribution in [3.8, 4) is 0 Å². The number of H-pyrrole nitrogens is 1. The fraction of sp³-hybridized carbons (Fsp3) is 0.438. The van der Waals surface area contributed by atoms with Gasteiger partial charge in [-0.2, -0.15) is 0 Å². The average Bonchev–Trinajstić information content (AvgIpc) is 2.96. The Morgan fingerprint density at radius 1 is 1.20 bits per heavy atom. The predicted molar refractivity (Wildman–Crippen MR) is 80.9 cm³/mol. The Balaban J connectivity index is 1.57. The molecule has 1 amide bonds. The van der Waals surface area contributed by atoms with Crippen molar-refractivity contribution in [1.82, 2.24) is 15.2 Å². The second-order valence-corrected chi connectivity index (χ2v) is 5.41. The fourth-order valence-corrected chi connectivity index (χ4v) is 2.88. The Labute approximate surface area is 119 Å². The van der Waals surface area contributed by atoms with E-state index in [4.69, 9.17) is 0 Å². The predicted octanol–water partition coefficient (Wildman–Crippen LogP) is 2.38. The summed E-state index contributed by atoms with van der Waals surface area (Å²) in [6.07, 6.45) is 5.79. The summed E-state index contributed by atoms with van der Waals surface area (Å²) in [6.45, 7) is 4.01. The van der Waals surface area contributed by atoms with Crippen molar-refractivity contribution in [3.63, 3.8) is 0 Å². The Morgan fingerprint density at radius 2 is 2.05 bits per heavy atom. The largest absolute Gasteiger partial charge is 0.361 e. The number of piperidine rings is 1. The molecule has 0 aliphatic carbocycles. The van der Waals surface area contributed by atoms with Gasteiger partial charge in [-0.1, -0.05) is 18.6 Å². The van der Waals surface area contributed by atoms with Gasteiger partial charge in [0.05, 0.1) is 11.1 Å². The third kappa shape index (κ3) is 2.85. The van der Waals surface area contributed by atoms with Crippen LogP contribution >= 0.6 is 0 Å². The quantitative estimate of drug-likeness (QED) is 0.897. The van der Waals surface area contributed by atoms with Gasteiger partial charge in [0, 0.05) is 24.7 Å². The van der Waals surface area contributed by atoms with Crippen molar-refractivity contribution in [2.24, 2.45) is 0 Å². The van der Waals surface area contributed by atoms with Crippen LogP contribution in [0.2, 0.25) is 0 Å². The zero-order valence-corrected chi connectivity index (χ0v) is 11.7. The van der Waals surface area contributed by atoms with Gasteiger partial charge in [0.15, 0.2) is 0 Å². The lowest BCUT2D eigenvalue weighted by atomic mass is 10.1. The summed E-state index contributed by atoms with van der Waals surface area (Å²) >= 11 is 0. The molecule has 1 aromatic carbocycles. The lowest BCUT2D eigenvalue weighted by molar-refractivity contribution is 0.0948. The molecular weight excluding hydrogens is 250 g/mol. The summed E-state index contributed by atoms with van der Waals surface area (Å²) in [6, 6.07) is 7.79. The number of likely N-dealkylation sites (tertiary alicyclic amines) is 1. The van der Waals surface area contributed by atoms with Crippen molar-refractivity contribution < 1.29 is 4.79 Å². The van der Waals surface area contributed by atoms with Crippen molar-refractivity contribution in [1.29, 1.82) is 0 Å². The average molecular weight is 271 g/mol. The molecule has 0 bridgehead atoms. The van der Waals surface area contributed by atoms with Gasteiger partial charge in [0.1, 0.15) is 0 Å². The molecule has 0 atom stereocenters. The first-order valence-corrected chi connectivity index (χ1v) is 7.41. The van der Waals surface area contributed by atoms with Crippen molar-refractivity contribution in [3.05, 3.63) is 36.0 Å². The molecule has 0 unspecified atom stereocenters. The van der Waals surface area contributed by atoms with E-state index >= 15 is 0 Å². The molecule has 1 aliphatic rings. The second kappa shape index (κ2) is 6.09. The molecule has 106 valence electrons. The lowest BCUT2D eigenvalue weighted by Crippen LogP contribution is -2.37. The van der Waals surface area contributed by atoms with Crippen LogP contribution in [0.25, 0.3) is 10.9 Å². The first-order chi connectivity index (χ1) is 9.84. The summed E-state index contributed by atoms with van der Waals surface area (Å²) in [5, 5.41) is 4.11. The van der Waals surface area contributed by atoms with Crippen molar-refractivity contribution in [2.75, 3.05) is 26.2 Å². The monoisotopic (exact) mass is 271 g/mol. The number of rotatable bonds is 4. The zero-order valence-electron chi connectivity index (χ0n) is 11.7. The number of hydrogen-bond donors (Lipinski definition) is 2. The molecule has 20 heavy (non-hydrogen) atoms. The van der Waals surface area contributed by atoms with E-state index < -0.39 is 0 Å². The van der Waals surface area contributed by atoms with Crippen LogP contribution in [0.5, 0.6) is 0 Å². The zero-order chi connectivity index (χ0) is 13.8. The standard InChI is InChI=1S/C16H21N3O/c20-16(18-9-12-19-10-2-1-3-11-19)14-6-4-5-13-7-8-17-15(13)14/h4-8,17H,1-3,9-12H2,(H,18,20). The Hall–Kier alpha value is -1.81. The highest BCUT2D eigenvalue weighted by molar-refractivity contribution is 6.05. The molecule has 1 saturated heterocycles. The third-order valence-electron chi connectivity index (χ3n) is 3.99.